The molecule has 0 unspecified atom stereocenters. The van der Waals surface area contributed by atoms with Gasteiger partial charge in [0.1, 0.15) is 11.5 Å². The Hall–Kier alpha value is -2.23. The van der Waals surface area contributed by atoms with E-state index >= 15 is 0 Å². The number of hydrogen-bond acceptors (Lipinski definition) is 5. The third-order valence-corrected chi connectivity index (χ3v) is 7.67. The number of piperazine rings is 1. The van der Waals surface area contributed by atoms with Crippen molar-refractivity contribution in [2.24, 2.45) is 0 Å². The van der Waals surface area contributed by atoms with E-state index < -0.39 is 15.8 Å². The van der Waals surface area contributed by atoms with Crippen molar-refractivity contribution in [3.63, 3.8) is 0 Å². The van der Waals surface area contributed by atoms with Gasteiger partial charge in [-0.05, 0) is 43.2 Å². The van der Waals surface area contributed by atoms with E-state index in [1.165, 1.54) is 10.4 Å². The zero-order valence-corrected chi connectivity index (χ0v) is 17.9. The lowest BCUT2D eigenvalue weighted by molar-refractivity contribution is 0.0692. The molecule has 3 heterocycles. The Morgan fingerprint density at radius 1 is 1.00 bits per heavy atom. The number of benzene rings is 1. The van der Waals surface area contributed by atoms with Crippen molar-refractivity contribution in [2.75, 3.05) is 44.2 Å². The van der Waals surface area contributed by atoms with Crippen molar-refractivity contribution in [2.45, 2.75) is 17.7 Å². The molecule has 1 amide bonds. The molecule has 1 aromatic carbocycles. The minimum absolute atomic E-state index is 0.0614. The van der Waals surface area contributed by atoms with Gasteiger partial charge in [0.25, 0.3) is 5.91 Å². The number of anilines is 1. The molecule has 0 radical (unpaired) electrons. The summed E-state index contributed by atoms with van der Waals surface area (Å²) in [6, 6.07) is 7.05. The Labute approximate surface area is 180 Å². The van der Waals surface area contributed by atoms with E-state index in [1.54, 1.807) is 17.2 Å². The van der Waals surface area contributed by atoms with Crippen LogP contribution in [0.2, 0.25) is 5.02 Å². The third-order valence-electron chi connectivity index (χ3n) is 5.49. The Bertz CT molecular complexity index is 1050. The zero-order valence-electron chi connectivity index (χ0n) is 16.3. The maximum Gasteiger partial charge on any atom is 0.272 e. The molecule has 2 aliphatic rings. The van der Waals surface area contributed by atoms with Crippen LogP contribution in [0.3, 0.4) is 0 Å². The van der Waals surface area contributed by atoms with Gasteiger partial charge in [0.15, 0.2) is 0 Å². The van der Waals surface area contributed by atoms with Crippen LogP contribution in [0.4, 0.5) is 10.1 Å². The molecule has 2 saturated heterocycles. The average Bonchev–Trinajstić information content (AvgIpc) is 3.30. The van der Waals surface area contributed by atoms with E-state index in [0.717, 1.165) is 43.8 Å². The van der Waals surface area contributed by atoms with Crippen molar-refractivity contribution < 1.29 is 17.6 Å². The summed E-state index contributed by atoms with van der Waals surface area (Å²) in [5.74, 6) is -0.882. The van der Waals surface area contributed by atoms with Crippen LogP contribution in [0, 0.1) is 5.82 Å². The van der Waals surface area contributed by atoms with Gasteiger partial charge in [-0.25, -0.2) is 12.8 Å². The maximum absolute atomic E-state index is 13.4. The van der Waals surface area contributed by atoms with E-state index in [-0.39, 0.29) is 42.0 Å². The van der Waals surface area contributed by atoms with Crippen molar-refractivity contribution in [1.82, 2.24) is 14.2 Å². The molecule has 0 atom stereocenters. The molecule has 2 fully saturated rings. The Morgan fingerprint density at radius 3 is 2.37 bits per heavy atom. The van der Waals surface area contributed by atoms with Crippen molar-refractivity contribution in [3.8, 4) is 0 Å². The summed E-state index contributed by atoms with van der Waals surface area (Å²) in [5.41, 5.74) is 1.35. The van der Waals surface area contributed by atoms with E-state index in [1.807, 2.05) is 6.07 Å². The molecular formula is C20H22ClFN4O3S. The molecule has 0 N–H and O–H groups in total. The Morgan fingerprint density at radius 2 is 1.70 bits per heavy atom. The first-order chi connectivity index (χ1) is 14.4. The van der Waals surface area contributed by atoms with Gasteiger partial charge in [-0.15, -0.1) is 0 Å². The molecule has 30 heavy (non-hydrogen) atoms. The number of carbonyl (C=O) groups is 1. The fraction of sp³-hybridized carbons (Fsp3) is 0.400. The molecule has 0 aliphatic carbocycles. The number of rotatable bonds is 4. The fourth-order valence-corrected chi connectivity index (χ4v) is 5.48. The second kappa shape index (κ2) is 8.49. The number of nitrogens with zero attached hydrogens (tertiary/aromatic N) is 4. The number of pyridine rings is 1. The molecule has 0 saturated carbocycles. The number of hydrogen-bond donors (Lipinski definition) is 0. The fourth-order valence-electron chi connectivity index (χ4n) is 3.79. The first-order valence-corrected chi connectivity index (χ1v) is 11.6. The molecule has 0 bridgehead atoms. The average molecular weight is 453 g/mol. The standard InChI is InChI=1S/C20H22ClFN4O3S/c21-17-14-16(3-4-18(17)22)30(28,29)26-11-9-25(10-12-26)20(27)19-13-15(5-6-23-19)24-7-1-2-8-24/h3-6,13-14H,1-2,7-12H2. The highest BCUT2D eigenvalue weighted by Crippen LogP contribution is 2.24. The van der Waals surface area contributed by atoms with Crippen LogP contribution >= 0.6 is 11.6 Å². The van der Waals surface area contributed by atoms with Crippen LogP contribution in [-0.2, 0) is 10.0 Å². The second-order valence-electron chi connectivity index (χ2n) is 7.37. The van der Waals surface area contributed by atoms with E-state index in [2.05, 4.69) is 9.88 Å². The number of sulfonamides is 1. The second-order valence-corrected chi connectivity index (χ2v) is 9.71. The monoisotopic (exact) mass is 452 g/mol. The largest absolute Gasteiger partial charge is 0.371 e. The Balaban J connectivity index is 1.43. The van der Waals surface area contributed by atoms with E-state index in [0.29, 0.717) is 5.69 Å². The first kappa shape index (κ1) is 21.0. The van der Waals surface area contributed by atoms with Gasteiger partial charge in [-0.1, -0.05) is 11.6 Å². The van der Waals surface area contributed by atoms with Gasteiger partial charge in [-0.2, -0.15) is 4.31 Å². The lowest BCUT2D eigenvalue weighted by Gasteiger charge is -2.34. The molecule has 7 nitrogen and oxygen atoms in total. The maximum atomic E-state index is 13.4. The SMILES string of the molecule is O=C(c1cc(N2CCCC2)ccn1)N1CCN(S(=O)(=O)c2ccc(F)c(Cl)c2)CC1. The van der Waals surface area contributed by atoms with Gasteiger partial charge in [0, 0.05) is 51.2 Å². The first-order valence-electron chi connectivity index (χ1n) is 9.82. The number of amides is 1. The van der Waals surface area contributed by atoms with Crippen LogP contribution < -0.4 is 4.90 Å². The quantitative estimate of drug-likeness (QED) is 0.713. The van der Waals surface area contributed by atoms with Gasteiger partial charge in [-0.3, -0.25) is 9.78 Å². The molecule has 160 valence electrons. The van der Waals surface area contributed by atoms with Crippen LogP contribution in [0.25, 0.3) is 0 Å². The molecule has 2 aromatic rings. The number of halogens is 2. The number of carbonyl (C=O) groups excluding carboxylic acids is 1. The summed E-state index contributed by atoms with van der Waals surface area (Å²) in [6.45, 7) is 2.75. The summed E-state index contributed by atoms with van der Waals surface area (Å²) in [4.78, 5) is 20.9. The minimum atomic E-state index is -3.81. The predicted molar refractivity (Wildman–Crippen MR) is 112 cm³/mol. The summed E-state index contributed by atoms with van der Waals surface area (Å²) in [6.07, 6.45) is 3.92. The van der Waals surface area contributed by atoms with Gasteiger partial charge in [0.05, 0.1) is 9.92 Å². The third kappa shape index (κ3) is 4.14. The van der Waals surface area contributed by atoms with Gasteiger partial charge < -0.3 is 9.80 Å². The lowest BCUT2D eigenvalue weighted by Crippen LogP contribution is -2.50. The Kier molecular flexibility index (Phi) is 5.95. The molecule has 10 heteroatoms. The molecule has 4 rings (SSSR count). The number of aromatic nitrogens is 1. The molecule has 0 spiro atoms. The predicted octanol–water partition coefficient (Wildman–Crippen LogP) is 2.62. The normalized spacial score (nSPS) is 18.1. The van der Waals surface area contributed by atoms with Crippen LogP contribution in [0.1, 0.15) is 23.3 Å². The van der Waals surface area contributed by atoms with Crippen molar-refractivity contribution in [3.05, 3.63) is 53.1 Å². The van der Waals surface area contributed by atoms with Gasteiger partial charge >= 0.3 is 0 Å². The zero-order chi connectivity index (χ0) is 21.3. The van der Waals surface area contributed by atoms with Gasteiger partial charge in [0.2, 0.25) is 10.0 Å². The van der Waals surface area contributed by atoms with Crippen molar-refractivity contribution >= 4 is 33.2 Å². The molecule has 2 aliphatic heterocycles. The molecular weight excluding hydrogens is 431 g/mol. The van der Waals surface area contributed by atoms with E-state index in [4.69, 9.17) is 11.6 Å². The summed E-state index contributed by atoms with van der Waals surface area (Å²) in [7, 11) is -3.81. The summed E-state index contributed by atoms with van der Waals surface area (Å²) in [5, 5.41) is -0.242. The van der Waals surface area contributed by atoms with Crippen molar-refractivity contribution in [1.29, 1.82) is 0 Å². The molecule has 1 aromatic heterocycles. The highest BCUT2D eigenvalue weighted by molar-refractivity contribution is 7.89. The van der Waals surface area contributed by atoms with Crippen LogP contribution in [-0.4, -0.2) is 67.8 Å². The lowest BCUT2D eigenvalue weighted by atomic mass is 10.2. The highest BCUT2D eigenvalue weighted by Gasteiger charge is 2.31. The summed E-state index contributed by atoms with van der Waals surface area (Å²) < 4.78 is 40.3. The topological polar surface area (TPSA) is 73.8 Å². The van der Waals surface area contributed by atoms with E-state index in [9.17, 15) is 17.6 Å². The highest BCUT2D eigenvalue weighted by atomic mass is 35.5. The minimum Gasteiger partial charge on any atom is -0.371 e. The summed E-state index contributed by atoms with van der Waals surface area (Å²) >= 11 is 5.73. The van der Waals surface area contributed by atoms with Crippen LogP contribution in [0.5, 0.6) is 0 Å². The smallest absolute Gasteiger partial charge is 0.272 e. The van der Waals surface area contributed by atoms with Crippen LogP contribution in [0.15, 0.2) is 41.4 Å².